The number of halogens is 1. The van der Waals surface area contributed by atoms with E-state index >= 15 is 0 Å². The third-order valence-electron chi connectivity index (χ3n) is 5.22. The Bertz CT molecular complexity index is 1090. The first-order valence-electron chi connectivity index (χ1n) is 10.0. The summed E-state index contributed by atoms with van der Waals surface area (Å²) in [7, 11) is -3.75. The Hall–Kier alpha value is -2.78. The second-order valence-electron chi connectivity index (χ2n) is 7.57. The molecule has 3 rings (SSSR count). The van der Waals surface area contributed by atoms with Crippen molar-refractivity contribution in [3.8, 4) is 0 Å². The Morgan fingerprint density at radius 3 is 2.68 bits per heavy atom. The number of piperidine rings is 1. The molecule has 1 aliphatic heterocycles. The molecule has 166 valence electrons. The van der Waals surface area contributed by atoms with Crippen LogP contribution in [0.3, 0.4) is 0 Å². The van der Waals surface area contributed by atoms with Gasteiger partial charge in [0, 0.05) is 18.3 Å². The minimum absolute atomic E-state index is 0.0167. The number of aryl methyl sites for hydroxylation is 1. The molecule has 1 N–H and O–H groups in total. The van der Waals surface area contributed by atoms with Crippen LogP contribution in [-0.2, 0) is 19.6 Å². The van der Waals surface area contributed by atoms with Gasteiger partial charge in [-0.1, -0.05) is 18.6 Å². The SMILES string of the molecule is Cc1ccc(S(=O)(=O)N2CCCCC2C)cc1C(=O)OCC(=O)Nc1cccc(F)c1. The number of carbonyl (C=O) groups excluding carboxylic acids is 2. The second-order valence-corrected chi connectivity index (χ2v) is 9.46. The summed E-state index contributed by atoms with van der Waals surface area (Å²) in [4.78, 5) is 24.5. The number of sulfonamides is 1. The van der Waals surface area contributed by atoms with Crippen molar-refractivity contribution in [1.82, 2.24) is 4.31 Å². The van der Waals surface area contributed by atoms with E-state index in [2.05, 4.69) is 5.32 Å². The van der Waals surface area contributed by atoms with E-state index in [9.17, 15) is 22.4 Å². The number of amides is 1. The topological polar surface area (TPSA) is 92.8 Å². The summed E-state index contributed by atoms with van der Waals surface area (Å²) in [5.41, 5.74) is 0.839. The Balaban J connectivity index is 1.70. The number of rotatable bonds is 6. The van der Waals surface area contributed by atoms with Crippen LogP contribution in [0.5, 0.6) is 0 Å². The van der Waals surface area contributed by atoms with Crippen LogP contribution in [0.1, 0.15) is 42.1 Å². The van der Waals surface area contributed by atoms with E-state index in [0.717, 1.165) is 25.3 Å². The number of benzene rings is 2. The van der Waals surface area contributed by atoms with Crippen LogP contribution in [0, 0.1) is 12.7 Å². The zero-order valence-electron chi connectivity index (χ0n) is 17.4. The van der Waals surface area contributed by atoms with Crippen LogP contribution in [-0.4, -0.2) is 43.8 Å². The highest BCUT2D eigenvalue weighted by molar-refractivity contribution is 7.89. The first kappa shape index (κ1) is 22.9. The van der Waals surface area contributed by atoms with Crippen molar-refractivity contribution in [1.29, 1.82) is 0 Å². The molecule has 2 aromatic carbocycles. The van der Waals surface area contributed by atoms with Gasteiger partial charge in [0.25, 0.3) is 5.91 Å². The normalized spacial score (nSPS) is 17.2. The number of anilines is 1. The lowest BCUT2D eigenvalue weighted by Gasteiger charge is -2.32. The third kappa shape index (κ3) is 5.48. The fourth-order valence-electron chi connectivity index (χ4n) is 3.52. The molecular weight excluding hydrogens is 423 g/mol. The fraction of sp³-hybridized carbons (Fsp3) is 0.364. The van der Waals surface area contributed by atoms with Crippen LogP contribution in [0.2, 0.25) is 0 Å². The van der Waals surface area contributed by atoms with Gasteiger partial charge in [0.1, 0.15) is 5.82 Å². The second kappa shape index (κ2) is 9.57. The lowest BCUT2D eigenvalue weighted by molar-refractivity contribution is -0.119. The van der Waals surface area contributed by atoms with Gasteiger partial charge in [0.15, 0.2) is 6.61 Å². The number of hydrogen-bond donors (Lipinski definition) is 1. The van der Waals surface area contributed by atoms with E-state index in [0.29, 0.717) is 12.1 Å². The van der Waals surface area contributed by atoms with Crippen LogP contribution in [0.25, 0.3) is 0 Å². The Kier molecular flexibility index (Phi) is 7.07. The van der Waals surface area contributed by atoms with Crippen LogP contribution in [0.4, 0.5) is 10.1 Å². The molecule has 0 bridgehead atoms. The van der Waals surface area contributed by atoms with E-state index < -0.39 is 34.3 Å². The third-order valence-corrected chi connectivity index (χ3v) is 7.23. The molecule has 0 aromatic heterocycles. The minimum Gasteiger partial charge on any atom is -0.452 e. The largest absolute Gasteiger partial charge is 0.452 e. The summed E-state index contributed by atoms with van der Waals surface area (Å²) < 4.78 is 45.8. The Labute approximate surface area is 181 Å². The van der Waals surface area contributed by atoms with Crippen LogP contribution >= 0.6 is 0 Å². The number of hydrogen-bond acceptors (Lipinski definition) is 5. The lowest BCUT2D eigenvalue weighted by Crippen LogP contribution is -2.41. The van der Waals surface area contributed by atoms with E-state index in [-0.39, 0.29) is 22.2 Å². The Morgan fingerprint density at radius 2 is 1.97 bits per heavy atom. The van der Waals surface area contributed by atoms with Crippen molar-refractivity contribution in [3.05, 3.63) is 59.4 Å². The maximum Gasteiger partial charge on any atom is 0.338 e. The van der Waals surface area contributed by atoms with E-state index in [1.807, 2.05) is 6.92 Å². The molecule has 1 unspecified atom stereocenters. The molecule has 9 heteroatoms. The van der Waals surface area contributed by atoms with Crippen LogP contribution < -0.4 is 5.32 Å². The predicted octanol–water partition coefficient (Wildman–Crippen LogP) is 3.49. The van der Waals surface area contributed by atoms with Gasteiger partial charge in [-0.25, -0.2) is 17.6 Å². The maximum atomic E-state index is 13.2. The quantitative estimate of drug-likeness (QED) is 0.683. The molecular formula is C22H25FN2O5S. The van der Waals surface area contributed by atoms with Crippen molar-refractivity contribution >= 4 is 27.6 Å². The van der Waals surface area contributed by atoms with Crippen molar-refractivity contribution in [2.75, 3.05) is 18.5 Å². The summed E-state index contributed by atoms with van der Waals surface area (Å²) in [6.07, 6.45) is 2.57. The summed E-state index contributed by atoms with van der Waals surface area (Å²) in [5.74, 6) is -1.95. The molecule has 2 aromatic rings. The fourth-order valence-corrected chi connectivity index (χ4v) is 5.24. The first-order valence-corrected chi connectivity index (χ1v) is 11.5. The molecule has 1 saturated heterocycles. The van der Waals surface area contributed by atoms with Crippen molar-refractivity contribution in [2.45, 2.75) is 44.0 Å². The van der Waals surface area contributed by atoms with Gasteiger partial charge in [-0.3, -0.25) is 4.79 Å². The highest BCUT2D eigenvalue weighted by atomic mass is 32.2. The predicted molar refractivity (Wildman–Crippen MR) is 114 cm³/mol. The molecule has 0 saturated carbocycles. The van der Waals surface area contributed by atoms with Crippen molar-refractivity contribution in [3.63, 3.8) is 0 Å². The number of ether oxygens (including phenoxy) is 1. The molecule has 1 atom stereocenters. The molecule has 7 nitrogen and oxygen atoms in total. The Morgan fingerprint density at radius 1 is 1.19 bits per heavy atom. The van der Waals surface area contributed by atoms with E-state index in [4.69, 9.17) is 4.74 Å². The molecule has 0 radical (unpaired) electrons. The number of esters is 1. The highest BCUT2D eigenvalue weighted by Gasteiger charge is 2.31. The molecule has 1 heterocycles. The van der Waals surface area contributed by atoms with Gasteiger partial charge >= 0.3 is 5.97 Å². The number of nitrogens with one attached hydrogen (secondary N) is 1. The zero-order chi connectivity index (χ0) is 22.6. The average molecular weight is 449 g/mol. The maximum absolute atomic E-state index is 13.2. The summed E-state index contributed by atoms with van der Waals surface area (Å²) >= 11 is 0. The van der Waals surface area contributed by atoms with Gasteiger partial charge in [-0.15, -0.1) is 0 Å². The minimum atomic E-state index is -3.75. The molecule has 31 heavy (non-hydrogen) atoms. The zero-order valence-corrected chi connectivity index (χ0v) is 18.2. The number of nitrogens with zero attached hydrogens (tertiary/aromatic N) is 1. The van der Waals surface area contributed by atoms with Crippen molar-refractivity contribution in [2.24, 2.45) is 0 Å². The lowest BCUT2D eigenvalue weighted by atomic mass is 10.1. The van der Waals surface area contributed by atoms with Crippen molar-refractivity contribution < 1.29 is 27.1 Å². The molecule has 1 fully saturated rings. The summed E-state index contributed by atoms with van der Waals surface area (Å²) in [5, 5.41) is 2.43. The molecule has 1 amide bonds. The van der Waals surface area contributed by atoms with Gasteiger partial charge in [0.2, 0.25) is 10.0 Å². The standard InChI is InChI=1S/C22H25FN2O5S/c1-15-9-10-19(31(28,29)25-11-4-3-6-16(25)2)13-20(15)22(27)30-14-21(26)24-18-8-5-7-17(23)12-18/h5,7-10,12-13,16H,3-4,6,11,14H2,1-2H3,(H,24,26). The van der Waals surface area contributed by atoms with Crippen LogP contribution in [0.15, 0.2) is 47.4 Å². The monoisotopic (exact) mass is 448 g/mol. The molecule has 1 aliphatic rings. The summed E-state index contributed by atoms with van der Waals surface area (Å²) in [6.45, 7) is 3.38. The highest BCUT2D eigenvalue weighted by Crippen LogP contribution is 2.26. The molecule has 0 spiro atoms. The van der Waals surface area contributed by atoms with E-state index in [1.165, 1.54) is 34.6 Å². The van der Waals surface area contributed by atoms with E-state index in [1.54, 1.807) is 13.0 Å². The van der Waals surface area contributed by atoms with Gasteiger partial charge in [0.05, 0.1) is 10.5 Å². The molecule has 0 aliphatic carbocycles. The smallest absolute Gasteiger partial charge is 0.338 e. The van der Waals surface area contributed by atoms with Gasteiger partial charge < -0.3 is 10.1 Å². The first-order chi connectivity index (χ1) is 14.7. The summed E-state index contributed by atoms with van der Waals surface area (Å²) in [6, 6.07) is 9.52. The van der Waals surface area contributed by atoms with Gasteiger partial charge in [-0.05, 0) is 62.6 Å². The average Bonchev–Trinajstić information content (AvgIpc) is 2.72. The van der Waals surface area contributed by atoms with Gasteiger partial charge in [-0.2, -0.15) is 4.31 Å². The number of carbonyl (C=O) groups is 2.